The molecule has 0 fully saturated rings. The molecule has 9 heteroatoms. The maximum Gasteiger partial charge on any atom is 0.306 e. The third-order valence-corrected chi connectivity index (χ3v) is 6.14. The molecule has 5 rings (SSSR count). The van der Waals surface area contributed by atoms with E-state index < -0.39 is 16.4 Å². The van der Waals surface area contributed by atoms with Crippen LogP contribution in [0.5, 0.6) is 0 Å². The van der Waals surface area contributed by atoms with Gasteiger partial charge in [-0.25, -0.2) is 9.97 Å². The van der Waals surface area contributed by atoms with E-state index in [-0.39, 0.29) is 5.95 Å². The van der Waals surface area contributed by atoms with Gasteiger partial charge in [-0.2, -0.15) is 4.39 Å². The van der Waals surface area contributed by atoms with Gasteiger partial charge >= 0.3 is 5.69 Å². The van der Waals surface area contributed by atoms with Crippen molar-refractivity contribution in [3.63, 3.8) is 0 Å². The zero-order valence-corrected chi connectivity index (χ0v) is 18.1. The van der Waals surface area contributed by atoms with Crippen molar-refractivity contribution in [2.24, 2.45) is 0 Å². The van der Waals surface area contributed by atoms with Crippen molar-refractivity contribution < 1.29 is 9.31 Å². The minimum atomic E-state index is -0.875. The SMILES string of the molecule is Cc1cc(F)c([N+](=O)[O-])cc1Nc1ncc(Br)c(-c2cn3c4c(cccc24)CCC3)n1. The average Bonchev–Trinajstić information content (AvgIpc) is 3.12. The number of benzene rings is 2. The third-order valence-electron chi connectivity index (χ3n) is 5.56. The van der Waals surface area contributed by atoms with E-state index in [1.807, 2.05) is 0 Å². The molecule has 1 aliphatic heterocycles. The van der Waals surface area contributed by atoms with Crippen LogP contribution in [0.25, 0.3) is 22.2 Å². The largest absolute Gasteiger partial charge is 0.347 e. The van der Waals surface area contributed by atoms with Crippen molar-refractivity contribution in [1.29, 1.82) is 0 Å². The van der Waals surface area contributed by atoms with Gasteiger partial charge in [0.25, 0.3) is 0 Å². The van der Waals surface area contributed by atoms with Crippen LogP contribution in [-0.2, 0) is 13.0 Å². The summed E-state index contributed by atoms with van der Waals surface area (Å²) in [5.41, 5.74) is 4.56. The number of nitrogens with one attached hydrogen (secondary N) is 1. The van der Waals surface area contributed by atoms with Crippen LogP contribution in [0.2, 0.25) is 0 Å². The lowest BCUT2D eigenvalue weighted by Crippen LogP contribution is -2.05. The highest BCUT2D eigenvalue weighted by Crippen LogP contribution is 2.38. The minimum absolute atomic E-state index is 0.272. The van der Waals surface area contributed by atoms with Gasteiger partial charge in [-0.1, -0.05) is 18.2 Å². The topological polar surface area (TPSA) is 85.9 Å². The molecule has 0 radical (unpaired) electrons. The number of para-hydroxylation sites is 1. The fraction of sp³-hybridized carbons (Fsp3) is 0.182. The first-order valence-corrected chi connectivity index (χ1v) is 10.6. The number of hydrogen-bond donors (Lipinski definition) is 1. The predicted octanol–water partition coefficient (Wildman–Crippen LogP) is 5.91. The number of nitrogens with zero attached hydrogens (tertiary/aromatic N) is 4. The van der Waals surface area contributed by atoms with Gasteiger partial charge in [0.05, 0.1) is 26.3 Å². The second kappa shape index (κ2) is 7.42. The van der Waals surface area contributed by atoms with Gasteiger partial charge in [0, 0.05) is 36.0 Å². The molecule has 0 spiro atoms. The molecule has 0 amide bonds. The van der Waals surface area contributed by atoms with Gasteiger partial charge < -0.3 is 9.88 Å². The highest BCUT2D eigenvalue weighted by molar-refractivity contribution is 9.10. The van der Waals surface area contributed by atoms with Crippen LogP contribution in [0.3, 0.4) is 0 Å². The van der Waals surface area contributed by atoms with Crippen molar-refractivity contribution in [2.75, 3.05) is 5.32 Å². The van der Waals surface area contributed by atoms with Crippen molar-refractivity contribution in [2.45, 2.75) is 26.3 Å². The van der Waals surface area contributed by atoms with E-state index in [1.165, 1.54) is 11.1 Å². The molecule has 4 aromatic rings. The Balaban J connectivity index is 1.59. The third kappa shape index (κ3) is 3.34. The zero-order valence-electron chi connectivity index (χ0n) is 16.5. The molecule has 0 saturated carbocycles. The Bertz CT molecular complexity index is 1370. The summed E-state index contributed by atoms with van der Waals surface area (Å²) in [6.45, 7) is 2.62. The minimum Gasteiger partial charge on any atom is -0.347 e. The lowest BCUT2D eigenvalue weighted by Gasteiger charge is -2.14. The summed E-state index contributed by atoms with van der Waals surface area (Å²) in [6.07, 6.45) is 5.91. The summed E-state index contributed by atoms with van der Waals surface area (Å²) < 4.78 is 16.9. The fourth-order valence-corrected chi connectivity index (χ4v) is 4.52. The van der Waals surface area contributed by atoms with Gasteiger partial charge in [-0.15, -0.1) is 0 Å². The van der Waals surface area contributed by atoms with E-state index in [2.05, 4.69) is 60.2 Å². The molecule has 2 aromatic heterocycles. The predicted molar refractivity (Wildman–Crippen MR) is 120 cm³/mol. The maximum absolute atomic E-state index is 13.9. The molecule has 31 heavy (non-hydrogen) atoms. The van der Waals surface area contributed by atoms with Gasteiger partial charge in [0.2, 0.25) is 11.8 Å². The molecule has 7 nitrogen and oxygen atoms in total. The Morgan fingerprint density at radius 3 is 2.97 bits per heavy atom. The molecule has 2 aromatic carbocycles. The van der Waals surface area contributed by atoms with E-state index in [1.54, 1.807) is 13.1 Å². The Hall–Kier alpha value is -3.33. The van der Waals surface area contributed by atoms with Crippen molar-refractivity contribution in [1.82, 2.24) is 14.5 Å². The highest BCUT2D eigenvalue weighted by atomic mass is 79.9. The molecule has 0 aliphatic carbocycles. The average molecular weight is 482 g/mol. The van der Waals surface area contributed by atoms with Crippen molar-refractivity contribution >= 4 is 44.2 Å². The van der Waals surface area contributed by atoms with E-state index >= 15 is 0 Å². The van der Waals surface area contributed by atoms with Crippen LogP contribution in [0.1, 0.15) is 17.5 Å². The Labute approximate surface area is 185 Å². The van der Waals surface area contributed by atoms with Crippen LogP contribution in [0, 0.1) is 22.9 Å². The van der Waals surface area contributed by atoms with Gasteiger partial charge in [-0.3, -0.25) is 10.1 Å². The molecule has 1 aliphatic rings. The molecule has 0 bridgehead atoms. The van der Waals surface area contributed by atoms with Crippen molar-refractivity contribution in [3.05, 3.63) is 74.3 Å². The summed E-state index contributed by atoms with van der Waals surface area (Å²) >= 11 is 3.56. The maximum atomic E-state index is 13.9. The van der Waals surface area contributed by atoms with Gasteiger partial charge in [0.1, 0.15) is 0 Å². The first kappa shape index (κ1) is 19.6. The summed E-state index contributed by atoms with van der Waals surface area (Å²) in [5.74, 6) is -0.603. The Morgan fingerprint density at radius 1 is 1.32 bits per heavy atom. The first-order chi connectivity index (χ1) is 14.9. The normalized spacial score (nSPS) is 12.9. The monoisotopic (exact) mass is 481 g/mol. The lowest BCUT2D eigenvalue weighted by atomic mass is 10.0. The van der Waals surface area contributed by atoms with Crippen LogP contribution >= 0.6 is 15.9 Å². The number of nitro groups is 1. The van der Waals surface area contributed by atoms with Crippen LogP contribution in [0.15, 0.2) is 47.2 Å². The number of aryl methyl sites for hydroxylation is 3. The van der Waals surface area contributed by atoms with Crippen LogP contribution in [-0.4, -0.2) is 19.5 Å². The molecular formula is C22H17BrFN5O2. The molecule has 0 saturated heterocycles. The lowest BCUT2D eigenvalue weighted by molar-refractivity contribution is -0.387. The molecule has 156 valence electrons. The summed E-state index contributed by atoms with van der Waals surface area (Å²) in [4.78, 5) is 19.3. The van der Waals surface area contributed by atoms with Gasteiger partial charge in [-0.05, 0) is 52.9 Å². The fourth-order valence-electron chi connectivity index (χ4n) is 4.12. The second-order valence-electron chi connectivity index (χ2n) is 7.54. The van der Waals surface area contributed by atoms with Crippen LogP contribution < -0.4 is 5.32 Å². The number of aromatic nitrogens is 3. The number of hydrogen-bond acceptors (Lipinski definition) is 5. The number of nitro benzene ring substituents is 1. The smallest absolute Gasteiger partial charge is 0.306 e. The van der Waals surface area contributed by atoms with Crippen LogP contribution in [0.4, 0.5) is 21.7 Å². The second-order valence-corrected chi connectivity index (χ2v) is 8.40. The molecule has 3 heterocycles. The standard InChI is InChI=1S/C22H17BrFN5O2/c1-12-8-17(24)19(29(30)31)9-18(12)26-22-25-10-16(23)20(27-22)15-11-28-7-3-5-13-4-2-6-14(15)21(13)28/h2,4,6,8-11H,3,5,7H2,1H3,(H,25,26,27). The number of anilines is 2. The van der Waals surface area contributed by atoms with Crippen molar-refractivity contribution in [3.8, 4) is 11.3 Å². The Morgan fingerprint density at radius 2 is 2.16 bits per heavy atom. The quantitative estimate of drug-likeness (QED) is 0.289. The molecular weight excluding hydrogens is 465 g/mol. The molecule has 0 unspecified atom stereocenters. The van der Waals surface area contributed by atoms with E-state index in [0.717, 1.165) is 52.6 Å². The number of halogens is 2. The van der Waals surface area contributed by atoms with E-state index in [0.29, 0.717) is 11.3 Å². The molecule has 1 N–H and O–H groups in total. The highest BCUT2D eigenvalue weighted by Gasteiger charge is 2.21. The van der Waals surface area contributed by atoms with E-state index in [4.69, 9.17) is 0 Å². The zero-order chi connectivity index (χ0) is 21.7. The summed E-state index contributed by atoms with van der Waals surface area (Å²) in [6, 6.07) is 8.60. The molecule has 0 atom stereocenters. The summed E-state index contributed by atoms with van der Waals surface area (Å²) in [5, 5.41) is 15.2. The number of rotatable bonds is 4. The summed E-state index contributed by atoms with van der Waals surface area (Å²) in [7, 11) is 0. The van der Waals surface area contributed by atoms with E-state index in [9.17, 15) is 14.5 Å². The van der Waals surface area contributed by atoms with Gasteiger partial charge in [0.15, 0.2) is 0 Å². The Kier molecular flexibility index (Phi) is 4.70. The first-order valence-electron chi connectivity index (χ1n) is 9.77.